The molecule has 1 heterocycles. The van der Waals surface area contributed by atoms with Crippen molar-refractivity contribution in [1.82, 2.24) is 9.78 Å². The summed E-state index contributed by atoms with van der Waals surface area (Å²) in [6.07, 6.45) is 1.60. The van der Waals surface area contributed by atoms with E-state index in [1.54, 1.807) is 6.92 Å². The average Bonchev–Trinajstić information content (AvgIpc) is 2.46. The highest BCUT2D eigenvalue weighted by Crippen LogP contribution is 2.14. The first-order valence-electron chi connectivity index (χ1n) is 5.80. The first kappa shape index (κ1) is 13.2. The van der Waals surface area contributed by atoms with Crippen molar-refractivity contribution >= 4 is 0 Å². The van der Waals surface area contributed by atoms with E-state index >= 15 is 0 Å². The van der Waals surface area contributed by atoms with Crippen molar-refractivity contribution in [1.29, 1.82) is 0 Å². The summed E-state index contributed by atoms with van der Waals surface area (Å²) in [4.78, 5) is 0. The van der Waals surface area contributed by atoms with Gasteiger partial charge in [-0.3, -0.25) is 4.68 Å². The number of nitrogens with zero attached hydrogens (tertiary/aromatic N) is 2. The largest absolute Gasteiger partial charge is 0.389 e. The molecule has 0 amide bonds. The third-order valence-electron chi connectivity index (χ3n) is 3.27. The molecule has 1 aromatic rings. The molecule has 0 saturated carbocycles. The maximum atomic E-state index is 9.78. The van der Waals surface area contributed by atoms with Crippen LogP contribution in [0, 0.1) is 20.8 Å². The van der Waals surface area contributed by atoms with Gasteiger partial charge >= 0.3 is 0 Å². The summed E-state index contributed by atoms with van der Waals surface area (Å²) in [6, 6.07) is 0. The van der Waals surface area contributed by atoms with Gasteiger partial charge in [-0.15, -0.1) is 0 Å². The van der Waals surface area contributed by atoms with Crippen LogP contribution < -0.4 is 5.73 Å². The minimum absolute atomic E-state index is 0.309. The Morgan fingerprint density at radius 1 is 1.38 bits per heavy atom. The number of rotatable bonds is 5. The predicted molar refractivity (Wildman–Crippen MR) is 65.4 cm³/mol. The molecule has 0 radical (unpaired) electrons. The summed E-state index contributed by atoms with van der Waals surface area (Å²) in [5, 5.41) is 14.2. The molecule has 0 aromatic carbocycles. The van der Waals surface area contributed by atoms with Gasteiger partial charge in [0.2, 0.25) is 0 Å². The lowest BCUT2D eigenvalue weighted by atomic mass is 10.0. The molecule has 1 aromatic heterocycles. The molecule has 4 heteroatoms. The van der Waals surface area contributed by atoms with Gasteiger partial charge in [-0.25, -0.2) is 0 Å². The zero-order valence-corrected chi connectivity index (χ0v) is 10.7. The average molecular weight is 225 g/mol. The molecule has 0 aliphatic heterocycles. The Labute approximate surface area is 97.5 Å². The molecule has 1 rings (SSSR count). The number of aryl methyl sites for hydroxylation is 2. The number of hydrogen-bond acceptors (Lipinski definition) is 3. The van der Waals surface area contributed by atoms with Crippen LogP contribution in [-0.4, -0.2) is 27.0 Å². The van der Waals surface area contributed by atoms with Gasteiger partial charge in [0, 0.05) is 18.8 Å². The quantitative estimate of drug-likeness (QED) is 0.794. The summed E-state index contributed by atoms with van der Waals surface area (Å²) in [5.74, 6) is 0. The van der Waals surface area contributed by atoms with Crippen molar-refractivity contribution in [2.45, 2.75) is 52.7 Å². The monoisotopic (exact) mass is 225 g/mol. The molecule has 0 aliphatic rings. The standard InChI is InChI=1S/C12H23N3O/c1-9-10(2)14-15(11(9)3)7-5-6-12(4,16)8-13/h16H,5-8,13H2,1-4H3. The summed E-state index contributed by atoms with van der Waals surface area (Å²) in [7, 11) is 0. The summed E-state index contributed by atoms with van der Waals surface area (Å²) < 4.78 is 2.01. The second kappa shape index (κ2) is 4.97. The van der Waals surface area contributed by atoms with Crippen LogP contribution in [0.15, 0.2) is 0 Å². The molecule has 92 valence electrons. The normalized spacial score (nSPS) is 15.1. The molecule has 1 atom stereocenters. The lowest BCUT2D eigenvalue weighted by Gasteiger charge is -2.20. The zero-order chi connectivity index (χ0) is 12.3. The Bertz CT molecular complexity index is 355. The van der Waals surface area contributed by atoms with Crippen LogP contribution in [-0.2, 0) is 6.54 Å². The molecular formula is C12H23N3O. The number of nitrogens with two attached hydrogens (primary N) is 1. The van der Waals surface area contributed by atoms with E-state index in [0.717, 1.165) is 18.7 Å². The molecule has 3 N–H and O–H groups in total. The maximum absolute atomic E-state index is 9.78. The van der Waals surface area contributed by atoms with Crippen molar-refractivity contribution in [2.75, 3.05) is 6.54 Å². The predicted octanol–water partition coefficient (Wildman–Crippen LogP) is 1.30. The van der Waals surface area contributed by atoms with Crippen LogP contribution in [0.5, 0.6) is 0 Å². The molecular weight excluding hydrogens is 202 g/mol. The summed E-state index contributed by atoms with van der Waals surface area (Å²) in [5.41, 5.74) is 8.28. The van der Waals surface area contributed by atoms with Gasteiger partial charge in [0.1, 0.15) is 0 Å². The van der Waals surface area contributed by atoms with Crippen LogP contribution in [0.4, 0.5) is 0 Å². The highest BCUT2D eigenvalue weighted by molar-refractivity contribution is 5.21. The van der Waals surface area contributed by atoms with Gasteiger partial charge in [0.25, 0.3) is 0 Å². The van der Waals surface area contributed by atoms with Gasteiger partial charge < -0.3 is 10.8 Å². The molecule has 0 saturated heterocycles. The number of hydrogen-bond donors (Lipinski definition) is 2. The van der Waals surface area contributed by atoms with E-state index in [-0.39, 0.29) is 0 Å². The van der Waals surface area contributed by atoms with E-state index in [2.05, 4.69) is 18.9 Å². The van der Waals surface area contributed by atoms with Gasteiger partial charge in [-0.1, -0.05) is 0 Å². The van der Waals surface area contributed by atoms with Crippen LogP contribution in [0.2, 0.25) is 0 Å². The summed E-state index contributed by atoms with van der Waals surface area (Å²) in [6.45, 7) is 9.12. The second-order valence-corrected chi connectivity index (χ2v) is 4.82. The smallest absolute Gasteiger partial charge is 0.0742 e. The first-order chi connectivity index (χ1) is 7.37. The van der Waals surface area contributed by atoms with E-state index in [0.29, 0.717) is 13.0 Å². The van der Waals surface area contributed by atoms with Crippen LogP contribution in [0.3, 0.4) is 0 Å². The second-order valence-electron chi connectivity index (χ2n) is 4.82. The SMILES string of the molecule is Cc1nn(CCCC(C)(O)CN)c(C)c1C. The number of aromatic nitrogens is 2. The van der Waals surface area contributed by atoms with E-state index in [1.165, 1.54) is 11.3 Å². The highest BCUT2D eigenvalue weighted by atomic mass is 16.3. The highest BCUT2D eigenvalue weighted by Gasteiger charge is 2.17. The maximum Gasteiger partial charge on any atom is 0.0742 e. The fraction of sp³-hybridized carbons (Fsp3) is 0.750. The summed E-state index contributed by atoms with van der Waals surface area (Å²) >= 11 is 0. The third kappa shape index (κ3) is 3.06. The van der Waals surface area contributed by atoms with Gasteiger partial charge in [-0.05, 0) is 46.1 Å². The van der Waals surface area contributed by atoms with Gasteiger partial charge in [0.15, 0.2) is 0 Å². The Hall–Kier alpha value is -0.870. The van der Waals surface area contributed by atoms with E-state index in [1.807, 2.05) is 11.6 Å². The van der Waals surface area contributed by atoms with Crippen LogP contribution >= 0.6 is 0 Å². The fourth-order valence-corrected chi connectivity index (χ4v) is 1.72. The van der Waals surface area contributed by atoms with Gasteiger partial charge in [0.05, 0.1) is 11.3 Å². The topological polar surface area (TPSA) is 64.1 Å². The Balaban J connectivity index is 2.53. The molecule has 1 unspecified atom stereocenters. The van der Waals surface area contributed by atoms with E-state index in [9.17, 15) is 5.11 Å². The van der Waals surface area contributed by atoms with Crippen molar-refractivity contribution < 1.29 is 5.11 Å². The Morgan fingerprint density at radius 2 is 2.00 bits per heavy atom. The molecule has 0 spiro atoms. The molecule has 0 bridgehead atoms. The Morgan fingerprint density at radius 3 is 2.44 bits per heavy atom. The van der Waals surface area contributed by atoms with Crippen LogP contribution in [0.1, 0.15) is 36.7 Å². The third-order valence-corrected chi connectivity index (χ3v) is 3.27. The van der Waals surface area contributed by atoms with Crippen molar-refractivity contribution in [3.63, 3.8) is 0 Å². The van der Waals surface area contributed by atoms with Crippen molar-refractivity contribution in [3.8, 4) is 0 Å². The minimum Gasteiger partial charge on any atom is -0.389 e. The molecule has 0 fully saturated rings. The first-order valence-corrected chi connectivity index (χ1v) is 5.80. The van der Waals surface area contributed by atoms with Gasteiger partial charge in [-0.2, -0.15) is 5.10 Å². The molecule has 16 heavy (non-hydrogen) atoms. The van der Waals surface area contributed by atoms with Crippen molar-refractivity contribution in [2.24, 2.45) is 5.73 Å². The van der Waals surface area contributed by atoms with E-state index < -0.39 is 5.60 Å². The minimum atomic E-state index is -0.745. The van der Waals surface area contributed by atoms with Crippen LogP contribution in [0.25, 0.3) is 0 Å². The molecule has 0 aliphatic carbocycles. The lowest BCUT2D eigenvalue weighted by Crippen LogP contribution is -2.34. The van der Waals surface area contributed by atoms with Crippen molar-refractivity contribution in [3.05, 3.63) is 17.0 Å². The zero-order valence-electron chi connectivity index (χ0n) is 10.7. The fourth-order valence-electron chi connectivity index (χ4n) is 1.72. The Kier molecular flexibility index (Phi) is 4.10. The molecule has 4 nitrogen and oxygen atoms in total. The number of aliphatic hydroxyl groups is 1. The van der Waals surface area contributed by atoms with E-state index in [4.69, 9.17) is 5.73 Å². The lowest BCUT2D eigenvalue weighted by molar-refractivity contribution is 0.0563.